The van der Waals surface area contributed by atoms with Crippen molar-refractivity contribution in [2.75, 3.05) is 32.7 Å². The molecule has 3 aromatic rings. The van der Waals surface area contributed by atoms with Crippen LogP contribution in [0.1, 0.15) is 155 Å². The highest BCUT2D eigenvalue weighted by Crippen LogP contribution is 2.16. The van der Waals surface area contributed by atoms with Gasteiger partial charge in [-0.3, -0.25) is 87.5 Å². The van der Waals surface area contributed by atoms with Gasteiger partial charge < -0.3 is 126 Å². The molecule has 16 amide bonds. The van der Waals surface area contributed by atoms with E-state index in [1.165, 1.54) is 13.8 Å². The van der Waals surface area contributed by atoms with Crippen LogP contribution in [0.25, 0.3) is 0 Å². The zero-order chi connectivity index (χ0) is 90.3. The van der Waals surface area contributed by atoms with Gasteiger partial charge in [-0.1, -0.05) is 125 Å². The molecule has 0 bridgehead atoms. The quantitative estimate of drug-likeness (QED) is 0.0142. The van der Waals surface area contributed by atoms with Gasteiger partial charge in [0.15, 0.2) is 11.9 Å². The van der Waals surface area contributed by atoms with Crippen LogP contribution in [0, 0.1) is 22.7 Å². The summed E-state index contributed by atoms with van der Waals surface area (Å²) in [7, 11) is 0. The van der Waals surface area contributed by atoms with E-state index in [4.69, 9.17) is 56.7 Å². The summed E-state index contributed by atoms with van der Waals surface area (Å²) in [5.41, 5.74) is 47.2. The van der Waals surface area contributed by atoms with Gasteiger partial charge in [-0.2, -0.15) is 0 Å². The summed E-state index contributed by atoms with van der Waals surface area (Å²) in [6.45, 7) is 9.34. The third-order valence-electron chi connectivity index (χ3n) is 19.3. The zero-order valence-corrected chi connectivity index (χ0v) is 69.7. The van der Waals surface area contributed by atoms with E-state index in [2.05, 4.69) is 79.8 Å². The highest BCUT2D eigenvalue weighted by Gasteiger charge is 2.38. The third-order valence-corrected chi connectivity index (χ3v) is 19.3. The van der Waals surface area contributed by atoms with E-state index in [0.29, 0.717) is 29.5 Å². The molecular weight excluding hydrogens is 1570 g/mol. The van der Waals surface area contributed by atoms with Gasteiger partial charge in [-0.05, 0) is 139 Å². The van der Waals surface area contributed by atoms with E-state index in [9.17, 15) is 76.7 Å². The maximum atomic E-state index is 14.7. The number of nitrogens with one attached hydrogen (secondary N) is 17. The molecule has 14 atom stereocenters. The summed E-state index contributed by atoms with van der Waals surface area (Å²) >= 11 is 0. The number of primary amides is 3. The molecule has 0 saturated heterocycles. The summed E-state index contributed by atoms with van der Waals surface area (Å²) in [6.07, 6.45) is -0.369. The van der Waals surface area contributed by atoms with E-state index in [1.807, 2.05) is 0 Å². The molecule has 0 radical (unpaired) electrons. The molecule has 0 aliphatic carbocycles. The Morgan fingerprint density at radius 2 is 0.678 bits per heavy atom. The van der Waals surface area contributed by atoms with Crippen molar-refractivity contribution in [2.45, 2.75) is 236 Å². The molecule has 41 nitrogen and oxygen atoms in total. The van der Waals surface area contributed by atoms with E-state index < -0.39 is 211 Å². The van der Waals surface area contributed by atoms with Crippen molar-refractivity contribution >= 4 is 106 Å². The average Bonchev–Trinajstić information content (AvgIpc) is 0.852. The Morgan fingerprint density at radius 3 is 1.09 bits per heavy atom. The third kappa shape index (κ3) is 40.7. The molecule has 3 aromatic carbocycles. The number of nitrogens with two attached hydrogens (primary N) is 8. The molecule has 0 aliphatic rings. The summed E-state index contributed by atoms with van der Waals surface area (Å²) < 4.78 is 0. The second kappa shape index (κ2) is 55.4. The van der Waals surface area contributed by atoms with Crippen LogP contribution < -0.4 is 126 Å². The molecule has 41 heteroatoms. The van der Waals surface area contributed by atoms with Crippen LogP contribution in [-0.2, 0) is 96.0 Å². The summed E-state index contributed by atoms with van der Waals surface area (Å²) in [6, 6.07) is 7.22. The second-order valence-electron chi connectivity index (χ2n) is 30.1. The maximum Gasteiger partial charge on any atom is 0.243 e. The summed E-state index contributed by atoms with van der Waals surface area (Å²) in [5.74, 6) is -16.0. The average molecular weight is 1700 g/mol. The SMILES string of the molecule is CC[C@H](C)[C@H](NC(=O)[C@H](CCCCN)NC(=O)[C@H](CCC(N)=O)NC(=O)[C@H](C)NC(=O)[C@H](C)NC(=O)[C@H](CCCCN)NC(=O)[C@H](CC(C)C)NC(=O)[C@H](CCCNC(=N)N)NC(=O)[C@H](Cc1ccccc1)NC(=O)[C@H](CC(N)=O)NC(=O)[C@@H](N)Cc1ccccc1)C(=O)N[C@@H](CCCNC(=N)N)C(=O)N[C@@H](Cc1ccccc1)C(=O)NCC(N)=O. The number of unbranched alkanes of at least 4 members (excludes halogenated alkanes) is 2. The molecular formula is C80H127N25O16. The Morgan fingerprint density at radius 1 is 0.339 bits per heavy atom. The minimum Gasteiger partial charge on any atom is -0.370 e. The Hall–Kier alpha value is -12.4. The number of carbonyl (C=O) groups excluding carboxylic acids is 16. The normalized spacial score (nSPS) is 14.5. The van der Waals surface area contributed by atoms with Gasteiger partial charge in [0, 0.05) is 32.4 Å². The first-order valence-electron chi connectivity index (χ1n) is 40.6. The van der Waals surface area contributed by atoms with Crippen LogP contribution in [0.3, 0.4) is 0 Å². The number of carbonyl (C=O) groups is 16. The van der Waals surface area contributed by atoms with Gasteiger partial charge in [0.2, 0.25) is 94.5 Å². The molecule has 3 rings (SSSR count). The molecule has 0 heterocycles. The van der Waals surface area contributed by atoms with Gasteiger partial charge in [0.25, 0.3) is 0 Å². The lowest BCUT2D eigenvalue weighted by Crippen LogP contribution is -2.61. The largest absolute Gasteiger partial charge is 0.370 e. The Balaban J connectivity index is 1.89. The second-order valence-corrected chi connectivity index (χ2v) is 30.1. The maximum absolute atomic E-state index is 14.7. The summed E-state index contributed by atoms with van der Waals surface area (Å²) in [4.78, 5) is 221. The number of hydrogen-bond acceptors (Lipinski definition) is 21. The first-order valence-corrected chi connectivity index (χ1v) is 40.6. The summed E-state index contributed by atoms with van der Waals surface area (Å²) in [5, 5.41) is 54.3. The van der Waals surface area contributed by atoms with Gasteiger partial charge in [-0.15, -0.1) is 0 Å². The monoisotopic (exact) mass is 1690 g/mol. The van der Waals surface area contributed by atoms with Crippen molar-refractivity contribution in [2.24, 2.45) is 57.7 Å². The lowest BCUT2D eigenvalue weighted by atomic mass is 9.96. The molecule has 668 valence electrons. The predicted octanol–water partition coefficient (Wildman–Crippen LogP) is -5.48. The zero-order valence-electron chi connectivity index (χ0n) is 69.7. The molecule has 33 N–H and O–H groups in total. The lowest BCUT2D eigenvalue weighted by Gasteiger charge is -2.29. The van der Waals surface area contributed by atoms with E-state index >= 15 is 0 Å². The van der Waals surface area contributed by atoms with Crippen LogP contribution in [0.4, 0.5) is 0 Å². The molecule has 121 heavy (non-hydrogen) atoms. The molecule has 0 aromatic heterocycles. The van der Waals surface area contributed by atoms with Crippen LogP contribution in [0.5, 0.6) is 0 Å². The van der Waals surface area contributed by atoms with Crippen molar-refractivity contribution in [3.8, 4) is 0 Å². The Labute approximate surface area is 704 Å². The van der Waals surface area contributed by atoms with Gasteiger partial charge in [0.1, 0.15) is 72.5 Å². The first-order chi connectivity index (χ1) is 57.4. The fourth-order valence-electron chi connectivity index (χ4n) is 12.4. The molecule has 0 fully saturated rings. The lowest BCUT2D eigenvalue weighted by molar-refractivity contribution is -0.136. The fraction of sp³-hybridized carbons (Fsp3) is 0.550. The topological polar surface area (TPSA) is 709 Å². The number of hydrogen-bond donors (Lipinski definition) is 25. The van der Waals surface area contributed by atoms with E-state index in [-0.39, 0.29) is 122 Å². The number of guanidine groups is 2. The van der Waals surface area contributed by atoms with Crippen molar-refractivity contribution in [3.63, 3.8) is 0 Å². The van der Waals surface area contributed by atoms with Crippen molar-refractivity contribution < 1.29 is 76.7 Å². The van der Waals surface area contributed by atoms with Crippen LogP contribution in [0.15, 0.2) is 91.0 Å². The minimum absolute atomic E-state index is 0.0356. The van der Waals surface area contributed by atoms with Crippen molar-refractivity contribution in [1.82, 2.24) is 79.8 Å². The van der Waals surface area contributed by atoms with Crippen LogP contribution in [-0.4, -0.2) is 218 Å². The highest BCUT2D eigenvalue weighted by molar-refractivity contribution is 6.01. The molecule has 0 aliphatic heterocycles. The fourth-order valence-corrected chi connectivity index (χ4v) is 12.4. The Kier molecular flexibility index (Phi) is 47.0. The first kappa shape index (κ1) is 103. The predicted molar refractivity (Wildman–Crippen MR) is 450 cm³/mol. The van der Waals surface area contributed by atoms with Crippen molar-refractivity contribution in [1.29, 1.82) is 10.8 Å². The van der Waals surface area contributed by atoms with Crippen molar-refractivity contribution in [3.05, 3.63) is 108 Å². The molecule has 0 spiro atoms. The molecule has 0 unspecified atom stereocenters. The van der Waals surface area contributed by atoms with Gasteiger partial charge in [0.05, 0.1) is 19.0 Å². The number of benzene rings is 3. The van der Waals surface area contributed by atoms with E-state index in [0.717, 1.165) is 0 Å². The van der Waals surface area contributed by atoms with Gasteiger partial charge in [-0.25, -0.2) is 0 Å². The van der Waals surface area contributed by atoms with Crippen LogP contribution in [0.2, 0.25) is 0 Å². The molecule has 0 saturated carbocycles. The number of amides is 16. The smallest absolute Gasteiger partial charge is 0.243 e. The van der Waals surface area contributed by atoms with Crippen LogP contribution >= 0.6 is 0 Å². The van der Waals surface area contributed by atoms with E-state index in [1.54, 1.807) is 119 Å². The Bertz CT molecular complexity index is 3920. The minimum atomic E-state index is -1.61. The van der Waals surface area contributed by atoms with Gasteiger partial charge >= 0.3 is 0 Å². The number of rotatable bonds is 58. The highest BCUT2D eigenvalue weighted by atomic mass is 16.2. The standard InChI is InChI=1S/C80H127N25O16/c1-7-46(4)65(78(121)100-56(32-22-38-92-80(89)90)72(115)103-59(69(112)93-44-64(86)108)41-50-25-13-9-14-26-50)105-74(117)54(30-18-20-36-82)97-73(116)57(33-34-62(84)106)96-67(110)48(6)94-66(109)47(5)95-70(113)53(29-17-19-35-81)98-75(118)58(39-45(2)3)102-71(114)55(31-21-37-91-79(87)88)99-76(119)60(42-51-27-15-10-16-28-51)104-77(120)61(43-63(85)107)101-68(111)52(83)40-49-23-11-8-12-24-49/h8-16,23-28,45-48,52-61,65H,7,17-22,29-44,81-83H2,1-6H3,(H2,84,106)(H2,85,107)(H2,86,108)(H,93,112)(H,94,109)(H,95,113)(H,96,110)(H,97,116)(H,98,118)(H,99,119)(H,100,121)(H,101,111)(H,102,114)(H,103,115)(H,104,120)(H,105,117)(H4,87,88,91)(H4,89,90,92)/t46-,47-,48-,52-,53-,54-,55-,56-,57-,58-,59-,60-,61-,65-/m0/s1.